The lowest BCUT2D eigenvalue weighted by molar-refractivity contribution is 0.196. The number of aliphatic hydroxyl groups excluding tert-OH is 1. The van der Waals surface area contributed by atoms with Crippen LogP contribution in [0.5, 0.6) is 0 Å². The SMILES string of the molecule is CS(=O)(=O)c1ccc2ncnc(NC3c4ccccc4CCC3CO)c2c1. The highest BCUT2D eigenvalue weighted by atomic mass is 32.2. The Balaban J connectivity index is 1.81. The van der Waals surface area contributed by atoms with Crippen LogP contribution in [0.2, 0.25) is 0 Å². The Labute approximate surface area is 158 Å². The summed E-state index contributed by atoms with van der Waals surface area (Å²) in [4.78, 5) is 8.85. The lowest BCUT2D eigenvalue weighted by atomic mass is 9.80. The first kappa shape index (κ1) is 17.9. The van der Waals surface area contributed by atoms with Gasteiger partial charge in [-0.2, -0.15) is 0 Å². The van der Waals surface area contributed by atoms with Crippen LogP contribution in [0.3, 0.4) is 0 Å². The first-order chi connectivity index (χ1) is 13.0. The molecular weight excluding hydrogens is 362 g/mol. The van der Waals surface area contributed by atoms with E-state index < -0.39 is 9.84 Å². The quantitative estimate of drug-likeness (QED) is 0.720. The van der Waals surface area contributed by atoms with Gasteiger partial charge in [0.1, 0.15) is 12.1 Å². The van der Waals surface area contributed by atoms with Crippen molar-refractivity contribution in [2.75, 3.05) is 18.2 Å². The average Bonchev–Trinajstić information content (AvgIpc) is 2.67. The maximum Gasteiger partial charge on any atom is 0.175 e. The average molecular weight is 383 g/mol. The lowest BCUT2D eigenvalue weighted by Crippen LogP contribution is -2.29. The van der Waals surface area contributed by atoms with Crippen LogP contribution in [0, 0.1) is 5.92 Å². The Kier molecular flexibility index (Phi) is 4.57. The van der Waals surface area contributed by atoms with Crippen molar-refractivity contribution in [1.82, 2.24) is 9.97 Å². The van der Waals surface area contributed by atoms with E-state index in [0.29, 0.717) is 16.7 Å². The van der Waals surface area contributed by atoms with Crippen molar-refractivity contribution in [2.45, 2.75) is 23.8 Å². The molecule has 140 valence electrons. The van der Waals surface area contributed by atoms with E-state index in [1.165, 1.54) is 18.1 Å². The number of aliphatic hydroxyl groups is 1. The molecule has 0 saturated carbocycles. The van der Waals surface area contributed by atoms with E-state index in [-0.39, 0.29) is 23.5 Å². The third-order valence-corrected chi connectivity index (χ3v) is 6.32. The number of hydrogen-bond donors (Lipinski definition) is 2. The lowest BCUT2D eigenvalue weighted by Gasteiger charge is -2.33. The second-order valence-electron chi connectivity index (χ2n) is 6.98. The number of rotatable bonds is 4. The topological polar surface area (TPSA) is 92.2 Å². The minimum absolute atomic E-state index is 0.0583. The van der Waals surface area contributed by atoms with Crippen LogP contribution >= 0.6 is 0 Å². The maximum atomic E-state index is 11.9. The molecular formula is C20H21N3O3S. The van der Waals surface area contributed by atoms with Crippen molar-refractivity contribution in [3.05, 3.63) is 59.9 Å². The molecule has 4 rings (SSSR count). The molecule has 0 radical (unpaired) electrons. The summed E-state index contributed by atoms with van der Waals surface area (Å²) in [6, 6.07) is 13.0. The summed E-state index contributed by atoms with van der Waals surface area (Å²) >= 11 is 0. The molecule has 1 aromatic heterocycles. The smallest absolute Gasteiger partial charge is 0.175 e. The van der Waals surface area contributed by atoms with E-state index in [1.54, 1.807) is 18.2 Å². The molecule has 2 aromatic carbocycles. The fraction of sp³-hybridized carbons (Fsp3) is 0.300. The third kappa shape index (κ3) is 3.40. The number of hydrogen-bond acceptors (Lipinski definition) is 6. The summed E-state index contributed by atoms with van der Waals surface area (Å²) in [6.45, 7) is 0.0730. The summed E-state index contributed by atoms with van der Waals surface area (Å²) in [5.74, 6) is 0.633. The first-order valence-corrected chi connectivity index (χ1v) is 10.8. The fourth-order valence-corrected chi connectivity index (χ4v) is 4.39. The Bertz CT molecular complexity index is 1100. The van der Waals surface area contributed by atoms with Crippen LogP contribution in [0.1, 0.15) is 23.6 Å². The molecule has 1 aliphatic rings. The summed E-state index contributed by atoms with van der Waals surface area (Å²) in [5.41, 5.74) is 3.08. The van der Waals surface area contributed by atoms with Crippen LogP contribution in [0.15, 0.2) is 53.7 Å². The predicted octanol–water partition coefficient (Wildman–Crippen LogP) is 2.74. The van der Waals surface area contributed by atoms with E-state index in [9.17, 15) is 13.5 Å². The standard InChI is InChI=1S/C20H21N3O3S/c1-27(25,26)15-8-9-18-17(10-15)20(22-12-21-18)23-19-14(11-24)7-6-13-4-2-3-5-16(13)19/h2-5,8-10,12,14,19,24H,6-7,11H2,1H3,(H,21,22,23). The number of nitrogens with zero attached hydrogens (tertiary/aromatic N) is 2. The Morgan fingerprint density at radius 2 is 2.00 bits per heavy atom. The molecule has 1 aliphatic carbocycles. The molecule has 0 fully saturated rings. The van der Waals surface area contributed by atoms with Gasteiger partial charge in [-0.1, -0.05) is 24.3 Å². The molecule has 0 amide bonds. The largest absolute Gasteiger partial charge is 0.396 e. The van der Waals surface area contributed by atoms with Gasteiger partial charge in [0.05, 0.1) is 16.5 Å². The molecule has 0 spiro atoms. The molecule has 6 nitrogen and oxygen atoms in total. The number of aryl methyl sites for hydroxylation is 1. The molecule has 2 N–H and O–H groups in total. The number of anilines is 1. The minimum atomic E-state index is -3.33. The molecule has 2 unspecified atom stereocenters. The predicted molar refractivity (Wildman–Crippen MR) is 104 cm³/mol. The Morgan fingerprint density at radius 3 is 2.78 bits per heavy atom. The van der Waals surface area contributed by atoms with E-state index in [0.717, 1.165) is 18.4 Å². The van der Waals surface area contributed by atoms with E-state index in [1.807, 2.05) is 12.1 Å². The number of fused-ring (bicyclic) bond motifs is 2. The molecule has 3 aromatic rings. The Hall–Kier alpha value is -2.51. The van der Waals surface area contributed by atoms with Gasteiger partial charge in [0.15, 0.2) is 9.84 Å². The summed E-state index contributed by atoms with van der Waals surface area (Å²) in [6.07, 6.45) is 4.46. The summed E-state index contributed by atoms with van der Waals surface area (Å²) in [7, 11) is -3.33. The zero-order chi connectivity index (χ0) is 19.0. The van der Waals surface area contributed by atoms with Crippen LogP contribution < -0.4 is 5.32 Å². The van der Waals surface area contributed by atoms with Crippen LogP contribution in [0.25, 0.3) is 10.9 Å². The summed E-state index contributed by atoms with van der Waals surface area (Å²) < 4.78 is 23.9. The number of sulfone groups is 1. The van der Waals surface area contributed by atoms with Crippen LogP contribution in [-0.4, -0.2) is 36.4 Å². The minimum Gasteiger partial charge on any atom is -0.396 e. The highest BCUT2D eigenvalue weighted by molar-refractivity contribution is 7.90. The van der Waals surface area contributed by atoms with Crippen molar-refractivity contribution in [2.24, 2.45) is 5.92 Å². The molecule has 2 atom stereocenters. The molecule has 0 saturated heterocycles. The van der Waals surface area contributed by atoms with Crippen molar-refractivity contribution in [3.63, 3.8) is 0 Å². The zero-order valence-electron chi connectivity index (χ0n) is 15.0. The number of benzene rings is 2. The molecule has 27 heavy (non-hydrogen) atoms. The van der Waals surface area contributed by atoms with E-state index in [2.05, 4.69) is 27.4 Å². The molecule has 7 heteroatoms. The highest BCUT2D eigenvalue weighted by Gasteiger charge is 2.29. The molecule has 0 bridgehead atoms. The second-order valence-corrected chi connectivity index (χ2v) is 8.99. The van der Waals surface area contributed by atoms with Gasteiger partial charge >= 0.3 is 0 Å². The number of aromatic nitrogens is 2. The normalized spacial score (nSPS) is 19.6. The van der Waals surface area contributed by atoms with E-state index >= 15 is 0 Å². The molecule has 0 aliphatic heterocycles. The van der Waals surface area contributed by atoms with Gasteiger partial charge in [-0.15, -0.1) is 0 Å². The van der Waals surface area contributed by atoms with Gasteiger partial charge in [0.25, 0.3) is 0 Å². The van der Waals surface area contributed by atoms with Crippen molar-refractivity contribution in [3.8, 4) is 0 Å². The van der Waals surface area contributed by atoms with Gasteiger partial charge in [-0.3, -0.25) is 0 Å². The summed E-state index contributed by atoms with van der Waals surface area (Å²) in [5, 5.41) is 14.0. The van der Waals surface area contributed by atoms with Gasteiger partial charge in [0, 0.05) is 24.2 Å². The van der Waals surface area contributed by atoms with Crippen LogP contribution in [0.4, 0.5) is 5.82 Å². The van der Waals surface area contributed by atoms with E-state index in [4.69, 9.17) is 0 Å². The van der Waals surface area contributed by atoms with Crippen molar-refractivity contribution in [1.29, 1.82) is 0 Å². The van der Waals surface area contributed by atoms with Gasteiger partial charge in [0.2, 0.25) is 0 Å². The fourth-order valence-electron chi connectivity index (χ4n) is 3.75. The highest BCUT2D eigenvalue weighted by Crippen LogP contribution is 2.37. The monoisotopic (exact) mass is 383 g/mol. The first-order valence-electron chi connectivity index (χ1n) is 8.87. The zero-order valence-corrected chi connectivity index (χ0v) is 15.8. The van der Waals surface area contributed by atoms with Crippen LogP contribution in [-0.2, 0) is 16.3 Å². The van der Waals surface area contributed by atoms with Gasteiger partial charge in [-0.25, -0.2) is 18.4 Å². The number of nitrogens with one attached hydrogen (secondary N) is 1. The Morgan fingerprint density at radius 1 is 1.19 bits per heavy atom. The molecule has 1 heterocycles. The second kappa shape index (κ2) is 6.90. The van der Waals surface area contributed by atoms with Gasteiger partial charge < -0.3 is 10.4 Å². The van der Waals surface area contributed by atoms with Gasteiger partial charge in [-0.05, 0) is 42.2 Å². The van der Waals surface area contributed by atoms with Crippen molar-refractivity contribution < 1.29 is 13.5 Å². The third-order valence-electron chi connectivity index (χ3n) is 5.21. The maximum absolute atomic E-state index is 11.9. The van der Waals surface area contributed by atoms with Crippen molar-refractivity contribution >= 4 is 26.6 Å².